The Morgan fingerprint density at radius 1 is 1.47 bits per heavy atom. The SMILES string of the molecule is NC(CO)C(=O)Nc1c(Cl)cccc1C(=O)O. The van der Waals surface area contributed by atoms with E-state index in [1.54, 1.807) is 0 Å². The lowest BCUT2D eigenvalue weighted by Gasteiger charge is -2.12. The highest BCUT2D eigenvalue weighted by molar-refractivity contribution is 6.34. The largest absolute Gasteiger partial charge is 0.478 e. The zero-order valence-electron chi connectivity index (χ0n) is 8.68. The van der Waals surface area contributed by atoms with Crippen molar-refractivity contribution >= 4 is 29.2 Å². The van der Waals surface area contributed by atoms with Gasteiger partial charge in [0, 0.05) is 0 Å². The zero-order chi connectivity index (χ0) is 13.0. The fourth-order valence-electron chi connectivity index (χ4n) is 1.13. The Labute approximate surface area is 102 Å². The number of nitrogens with two attached hydrogens (primary N) is 1. The van der Waals surface area contributed by atoms with Gasteiger partial charge in [-0.1, -0.05) is 17.7 Å². The summed E-state index contributed by atoms with van der Waals surface area (Å²) in [7, 11) is 0. The molecule has 1 aromatic carbocycles. The number of nitrogens with one attached hydrogen (secondary N) is 1. The Bertz CT molecular complexity index is 450. The van der Waals surface area contributed by atoms with E-state index < -0.39 is 24.5 Å². The maximum absolute atomic E-state index is 11.4. The highest BCUT2D eigenvalue weighted by Gasteiger charge is 2.18. The van der Waals surface area contributed by atoms with Crippen molar-refractivity contribution in [3.05, 3.63) is 28.8 Å². The monoisotopic (exact) mass is 258 g/mol. The summed E-state index contributed by atoms with van der Waals surface area (Å²) in [6.07, 6.45) is 0. The Morgan fingerprint density at radius 3 is 2.65 bits per heavy atom. The molecule has 6 nitrogen and oxygen atoms in total. The van der Waals surface area contributed by atoms with E-state index in [0.717, 1.165) is 0 Å². The Hall–Kier alpha value is -1.63. The molecule has 0 bridgehead atoms. The van der Waals surface area contributed by atoms with Crippen LogP contribution in [0.4, 0.5) is 5.69 Å². The van der Waals surface area contributed by atoms with Gasteiger partial charge >= 0.3 is 5.97 Å². The first-order chi connectivity index (χ1) is 7.97. The number of carboxylic acids is 1. The van der Waals surface area contributed by atoms with Gasteiger partial charge in [-0.2, -0.15) is 0 Å². The molecule has 0 heterocycles. The van der Waals surface area contributed by atoms with E-state index in [-0.39, 0.29) is 16.3 Å². The molecule has 0 saturated heterocycles. The molecular formula is C10H11ClN2O4. The van der Waals surface area contributed by atoms with Gasteiger partial charge in [-0.25, -0.2) is 4.79 Å². The minimum absolute atomic E-state index is 0.0319. The molecule has 0 aliphatic heterocycles. The van der Waals surface area contributed by atoms with E-state index in [9.17, 15) is 9.59 Å². The van der Waals surface area contributed by atoms with Crippen LogP contribution in [0.1, 0.15) is 10.4 Å². The number of hydrogen-bond acceptors (Lipinski definition) is 4. The third-order valence-corrected chi connectivity index (χ3v) is 2.34. The van der Waals surface area contributed by atoms with Crippen LogP contribution in [0.2, 0.25) is 5.02 Å². The highest BCUT2D eigenvalue weighted by atomic mass is 35.5. The van der Waals surface area contributed by atoms with Gasteiger partial charge in [-0.05, 0) is 12.1 Å². The summed E-state index contributed by atoms with van der Waals surface area (Å²) in [5.74, 6) is -1.93. The molecular weight excluding hydrogens is 248 g/mol. The molecule has 0 radical (unpaired) electrons. The van der Waals surface area contributed by atoms with Crippen molar-refractivity contribution in [2.24, 2.45) is 5.73 Å². The molecule has 5 N–H and O–H groups in total. The number of carbonyl (C=O) groups is 2. The van der Waals surface area contributed by atoms with Crippen LogP contribution in [0.15, 0.2) is 18.2 Å². The molecule has 1 unspecified atom stereocenters. The summed E-state index contributed by atoms with van der Waals surface area (Å²) in [6.45, 7) is -0.543. The predicted octanol–water partition coefficient (Wildman–Crippen LogP) is 0.296. The first-order valence-corrected chi connectivity index (χ1v) is 5.04. The van der Waals surface area contributed by atoms with Crippen molar-refractivity contribution in [2.75, 3.05) is 11.9 Å². The van der Waals surface area contributed by atoms with Gasteiger partial charge in [0.2, 0.25) is 5.91 Å². The third-order valence-electron chi connectivity index (χ3n) is 2.03. The van der Waals surface area contributed by atoms with Gasteiger partial charge in [-0.3, -0.25) is 4.79 Å². The number of aromatic carboxylic acids is 1. The number of carboxylic acid groups (broad SMARTS) is 1. The van der Waals surface area contributed by atoms with Crippen LogP contribution in [-0.2, 0) is 4.79 Å². The first kappa shape index (κ1) is 13.4. The number of amides is 1. The fraction of sp³-hybridized carbons (Fsp3) is 0.200. The van der Waals surface area contributed by atoms with Crippen molar-refractivity contribution in [3.63, 3.8) is 0 Å². The van der Waals surface area contributed by atoms with Crippen LogP contribution in [0, 0.1) is 0 Å². The fourth-order valence-corrected chi connectivity index (χ4v) is 1.35. The molecule has 17 heavy (non-hydrogen) atoms. The van der Waals surface area contributed by atoms with Crippen molar-refractivity contribution in [2.45, 2.75) is 6.04 Å². The number of halogens is 1. The molecule has 1 aromatic rings. The molecule has 0 aromatic heterocycles. The maximum atomic E-state index is 11.4. The molecule has 1 atom stereocenters. The number of benzene rings is 1. The second-order valence-corrected chi connectivity index (χ2v) is 3.65. The summed E-state index contributed by atoms with van der Waals surface area (Å²) in [4.78, 5) is 22.3. The molecule has 0 saturated carbocycles. The molecule has 7 heteroatoms. The number of para-hydroxylation sites is 1. The average molecular weight is 259 g/mol. The number of aliphatic hydroxyl groups is 1. The number of anilines is 1. The third kappa shape index (κ3) is 3.16. The van der Waals surface area contributed by atoms with E-state index in [1.807, 2.05) is 0 Å². The first-order valence-electron chi connectivity index (χ1n) is 4.66. The molecule has 0 spiro atoms. The van der Waals surface area contributed by atoms with Crippen LogP contribution < -0.4 is 11.1 Å². The van der Waals surface area contributed by atoms with Gasteiger partial charge in [0.15, 0.2) is 0 Å². The number of aliphatic hydroxyl groups excluding tert-OH is 1. The van der Waals surface area contributed by atoms with Gasteiger partial charge in [-0.15, -0.1) is 0 Å². The van der Waals surface area contributed by atoms with Crippen molar-refractivity contribution in [1.29, 1.82) is 0 Å². The van der Waals surface area contributed by atoms with E-state index >= 15 is 0 Å². The smallest absolute Gasteiger partial charge is 0.337 e. The Kier molecular flexibility index (Phi) is 4.45. The van der Waals surface area contributed by atoms with Crippen LogP contribution in [0.5, 0.6) is 0 Å². The maximum Gasteiger partial charge on any atom is 0.337 e. The van der Waals surface area contributed by atoms with Crippen LogP contribution in [0.25, 0.3) is 0 Å². The quantitative estimate of drug-likeness (QED) is 0.620. The summed E-state index contributed by atoms with van der Waals surface area (Å²) < 4.78 is 0. The van der Waals surface area contributed by atoms with E-state index in [1.165, 1.54) is 18.2 Å². The van der Waals surface area contributed by atoms with Crippen LogP contribution >= 0.6 is 11.6 Å². The lowest BCUT2D eigenvalue weighted by molar-refractivity contribution is -0.118. The summed E-state index contributed by atoms with van der Waals surface area (Å²) >= 11 is 5.78. The summed E-state index contributed by atoms with van der Waals surface area (Å²) in [6, 6.07) is 3.06. The number of carbonyl (C=O) groups excluding carboxylic acids is 1. The van der Waals surface area contributed by atoms with Gasteiger partial charge in [0.1, 0.15) is 6.04 Å². The van der Waals surface area contributed by atoms with E-state index in [2.05, 4.69) is 5.32 Å². The lowest BCUT2D eigenvalue weighted by atomic mass is 10.1. The number of hydrogen-bond donors (Lipinski definition) is 4. The van der Waals surface area contributed by atoms with E-state index in [4.69, 9.17) is 27.5 Å². The summed E-state index contributed by atoms with van der Waals surface area (Å²) in [5, 5.41) is 20.0. The normalized spacial score (nSPS) is 11.9. The molecule has 1 amide bonds. The molecule has 0 aliphatic carbocycles. The second kappa shape index (κ2) is 5.62. The van der Waals surface area contributed by atoms with Gasteiger partial charge < -0.3 is 21.3 Å². The lowest BCUT2D eigenvalue weighted by Crippen LogP contribution is -2.38. The summed E-state index contributed by atoms with van der Waals surface area (Å²) in [5.41, 5.74) is 5.11. The van der Waals surface area contributed by atoms with Crippen LogP contribution in [0.3, 0.4) is 0 Å². The molecule has 0 aliphatic rings. The Morgan fingerprint density at radius 2 is 2.12 bits per heavy atom. The van der Waals surface area contributed by atoms with Crippen molar-refractivity contribution in [3.8, 4) is 0 Å². The minimum Gasteiger partial charge on any atom is -0.478 e. The Balaban J connectivity index is 3.05. The topological polar surface area (TPSA) is 113 Å². The standard InChI is InChI=1S/C10H11ClN2O4/c11-6-3-1-2-5(10(16)17)8(6)13-9(15)7(12)4-14/h1-3,7,14H,4,12H2,(H,13,15)(H,16,17). The van der Waals surface area contributed by atoms with E-state index in [0.29, 0.717) is 0 Å². The second-order valence-electron chi connectivity index (χ2n) is 3.25. The molecule has 92 valence electrons. The minimum atomic E-state index is -1.22. The average Bonchev–Trinajstić information content (AvgIpc) is 2.30. The highest BCUT2D eigenvalue weighted by Crippen LogP contribution is 2.26. The van der Waals surface area contributed by atoms with Crippen LogP contribution in [-0.4, -0.2) is 34.7 Å². The predicted molar refractivity (Wildman–Crippen MR) is 62.1 cm³/mol. The molecule has 1 rings (SSSR count). The van der Waals surface area contributed by atoms with Crippen molar-refractivity contribution in [1.82, 2.24) is 0 Å². The zero-order valence-corrected chi connectivity index (χ0v) is 9.44. The van der Waals surface area contributed by atoms with Crippen molar-refractivity contribution < 1.29 is 19.8 Å². The number of rotatable bonds is 4. The van der Waals surface area contributed by atoms with Gasteiger partial charge in [0.05, 0.1) is 22.9 Å². The molecule has 0 fully saturated rings. The van der Waals surface area contributed by atoms with Gasteiger partial charge in [0.25, 0.3) is 0 Å².